The summed E-state index contributed by atoms with van der Waals surface area (Å²) in [6.45, 7) is 2.49. The van der Waals surface area contributed by atoms with E-state index in [1.54, 1.807) is 0 Å². The smallest absolute Gasteiger partial charge is 0.225 e. The maximum Gasteiger partial charge on any atom is 0.225 e. The molecule has 2 aliphatic rings. The molecule has 20 heavy (non-hydrogen) atoms. The molecule has 0 aromatic heterocycles. The summed E-state index contributed by atoms with van der Waals surface area (Å²) in [4.78, 5) is 13.9. The SMILES string of the molecule is O=C(C1CC1)N1CC[C@@H](OCCCc2ccccc2)C1. The van der Waals surface area contributed by atoms with Gasteiger partial charge in [-0.3, -0.25) is 4.79 Å². The van der Waals surface area contributed by atoms with Crippen molar-refractivity contribution in [2.75, 3.05) is 19.7 Å². The van der Waals surface area contributed by atoms with Crippen molar-refractivity contribution >= 4 is 5.91 Å². The van der Waals surface area contributed by atoms with Crippen molar-refractivity contribution in [1.82, 2.24) is 4.90 Å². The summed E-state index contributed by atoms with van der Waals surface area (Å²) < 4.78 is 5.91. The molecular formula is C17H23NO2. The van der Waals surface area contributed by atoms with Crippen LogP contribution >= 0.6 is 0 Å². The van der Waals surface area contributed by atoms with E-state index in [4.69, 9.17) is 4.74 Å². The van der Waals surface area contributed by atoms with Gasteiger partial charge in [-0.25, -0.2) is 0 Å². The lowest BCUT2D eigenvalue weighted by molar-refractivity contribution is -0.132. The van der Waals surface area contributed by atoms with Crippen molar-refractivity contribution in [3.8, 4) is 0 Å². The number of carbonyl (C=O) groups is 1. The second kappa shape index (κ2) is 6.40. The molecule has 1 aromatic carbocycles. The highest BCUT2D eigenvalue weighted by Crippen LogP contribution is 2.32. The zero-order valence-electron chi connectivity index (χ0n) is 12.0. The summed E-state index contributed by atoms with van der Waals surface area (Å²) in [5.41, 5.74) is 1.37. The Bertz CT molecular complexity index is 442. The van der Waals surface area contributed by atoms with Crippen LogP contribution in [0.5, 0.6) is 0 Å². The minimum atomic E-state index is 0.258. The third kappa shape index (κ3) is 3.60. The summed E-state index contributed by atoms with van der Waals surface area (Å²) in [6.07, 6.45) is 5.57. The fourth-order valence-corrected chi connectivity index (χ4v) is 2.82. The molecule has 0 unspecified atom stereocenters. The second-order valence-corrected chi connectivity index (χ2v) is 5.93. The molecule has 1 amide bonds. The van der Waals surface area contributed by atoms with Gasteiger partial charge in [-0.2, -0.15) is 0 Å². The second-order valence-electron chi connectivity index (χ2n) is 5.93. The number of ether oxygens (including phenoxy) is 1. The largest absolute Gasteiger partial charge is 0.376 e. The lowest BCUT2D eigenvalue weighted by Crippen LogP contribution is -2.31. The van der Waals surface area contributed by atoms with Gasteiger partial charge in [-0.05, 0) is 37.7 Å². The van der Waals surface area contributed by atoms with E-state index >= 15 is 0 Å². The standard InChI is InChI=1S/C17H23NO2/c19-17(15-8-9-15)18-11-10-16(13-18)20-12-4-7-14-5-2-1-3-6-14/h1-3,5-6,15-16H,4,7-13H2/t16-/m1/s1. The molecule has 0 radical (unpaired) electrons. The number of amides is 1. The van der Waals surface area contributed by atoms with Crippen molar-refractivity contribution in [1.29, 1.82) is 0 Å². The lowest BCUT2D eigenvalue weighted by Gasteiger charge is -2.16. The number of rotatable bonds is 6. The Balaban J connectivity index is 1.32. The normalized spacial score (nSPS) is 22.2. The predicted molar refractivity (Wildman–Crippen MR) is 78.4 cm³/mol. The highest BCUT2D eigenvalue weighted by atomic mass is 16.5. The number of aryl methyl sites for hydroxylation is 1. The summed E-state index contributed by atoms with van der Waals surface area (Å²) in [7, 11) is 0. The Morgan fingerprint density at radius 1 is 1.20 bits per heavy atom. The average Bonchev–Trinajstić information content (AvgIpc) is 3.23. The average molecular weight is 273 g/mol. The van der Waals surface area contributed by atoms with Crippen LogP contribution in [0.4, 0.5) is 0 Å². The molecule has 3 heteroatoms. The quantitative estimate of drug-likeness (QED) is 0.746. The molecule has 1 aromatic rings. The third-order valence-corrected chi connectivity index (χ3v) is 4.19. The topological polar surface area (TPSA) is 29.5 Å². The van der Waals surface area contributed by atoms with Crippen molar-refractivity contribution in [3.05, 3.63) is 35.9 Å². The number of benzene rings is 1. The van der Waals surface area contributed by atoms with Crippen molar-refractivity contribution < 1.29 is 9.53 Å². The Morgan fingerprint density at radius 3 is 2.75 bits per heavy atom. The van der Waals surface area contributed by atoms with Gasteiger partial charge < -0.3 is 9.64 Å². The number of hydrogen-bond acceptors (Lipinski definition) is 2. The number of likely N-dealkylation sites (tertiary alicyclic amines) is 1. The molecular weight excluding hydrogens is 250 g/mol. The maximum absolute atomic E-state index is 11.9. The van der Waals surface area contributed by atoms with Crippen LogP contribution < -0.4 is 0 Å². The fourth-order valence-electron chi connectivity index (χ4n) is 2.82. The molecule has 1 aliphatic heterocycles. The Kier molecular flexibility index (Phi) is 4.36. The molecule has 3 nitrogen and oxygen atoms in total. The summed E-state index contributed by atoms with van der Waals surface area (Å²) in [5, 5.41) is 0. The van der Waals surface area contributed by atoms with Crippen LogP contribution in [0.2, 0.25) is 0 Å². The van der Waals surface area contributed by atoms with Crippen LogP contribution in [0, 0.1) is 5.92 Å². The molecule has 3 rings (SSSR count). The maximum atomic E-state index is 11.9. The molecule has 1 heterocycles. The van der Waals surface area contributed by atoms with Gasteiger partial charge >= 0.3 is 0 Å². The monoisotopic (exact) mass is 273 g/mol. The highest BCUT2D eigenvalue weighted by molar-refractivity contribution is 5.81. The van der Waals surface area contributed by atoms with Gasteiger partial charge in [-0.15, -0.1) is 0 Å². The zero-order chi connectivity index (χ0) is 13.8. The van der Waals surface area contributed by atoms with Crippen LogP contribution in [0.25, 0.3) is 0 Å². The van der Waals surface area contributed by atoms with E-state index < -0.39 is 0 Å². The first kappa shape index (κ1) is 13.6. The van der Waals surface area contributed by atoms with Crippen LogP contribution in [0.1, 0.15) is 31.2 Å². The third-order valence-electron chi connectivity index (χ3n) is 4.19. The van der Waals surface area contributed by atoms with Crippen molar-refractivity contribution in [2.24, 2.45) is 5.92 Å². The van der Waals surface area contributed by atoms with Gasteiger partial charge in [0.05, 0.1) is 6.10 Å². The molecule has 1 aliphatic carbocycles. The molecule has 2 fully saturated rings. The van der Waals surface area contributed by atoms with E-state index in [1.165, 1.54) is 5.56 Å². The van der Waals surface area contributed by atoms with E-state index in [0.29, 0.717) is 11.8 Å². The van der Waals surface area contributed by atoms with Gasteiger partial charge in [0, 0.05) is 25.6 Å². The first-order valence-corrected chi connectivity index (χ1v) is 7.77. The first-order valence-electron chi connectivity index (χ1n) is 7.77. The van der Waals surface area contributed by atoms with Crippen LogP contribution in [0.3, 0.4) is 0 Å². The van der Waals surface area contributed by atoms with Crippen molar-refractivity contribution in [3.63, 3.8) is 0 Å². The van der Waals surface area contributed by atoms with E-state index in [-0.39, 0.29) is 6.10 Å². The summed E-state index contributed by atoms with van der Waals surface area (Å²) >= 11 is 0. The van der Waals surface area contributed by atoms with Gasteiger partial charge in [0.25, 0.3) is 0 Å². The number of hydrogen-bond donors (Lipinski definition) is 0. The zero-order valence-corrected chi connectivity index (χ0v) is 12.0. The molecule has 0 N–H and O–H groups in total. The lowest BCUT2D eigenvalue weighted by atomic mass is 10.1. The van der Waals surface area contributed by atoms with E-state index in [2.05, 4.69) is 24.3 Å². The van der Waals surface area contributed by atoms with Crippen LogP contribution in [-0.4, -0.2) is 36.6 Å². The Labute approximate surface area is 120 Å². The highest BCUT2D eigenvalue weighted by Gasteiger charge is 2.36. The van der Waals surface area contributed by atoms with Gasteiger partial charge in [0.1, 0.15) is 0 Å². The minimum Gasteiger partial charge on any atom is -0.376 e. The summed E-state index contributed by atoms with van der Waals surface area (Å²) in [5.74, 6) is 0.701. The van der Waals surface area contributed by atoms with Gasteiger partial charge in [-0.1, -0.05) is 30.3 Å². The molecule has 0 bridgehead atoms. The van der Waals surface area contributed by atoms with E-state index in [9.17, 15) is 4.79 Å². The molecule has 1 saturated heterocycles. The molecule has 0 spiro atoms. The van der Waals surface area contributed by atoms with E-state index in [0.717, 1.165) is 51.8 Å². The number of nitrogens with zero attached hydrogens (tertiary/aromatic N) is 1. The number of carbonyl (C=O) groups excluding carboxylic acids is 1. The fraction of sp³-hybridized carbons (Fsp3) is 0.588. The van der Waals surface area contributed by atoms with Crippen LogP contribution in [0.15, 0.2) is 30.3 Å². The molecule has 1 saturated carbocycles. The van der Waals surface area contributed by atoms with Gasteiger partial charge in [0.2, 0.25) is 5.91 Å². The summed E-state index contributed by atoms with van der Waals surface area (Å²) in [6, 6.07) is 10.5. The van der Waals surface area contributed by atoms with Crippen LogP contribution in [-0.2, 0) is 16.0 Å². The van der Waals surface area contributed by atoms with Crippen molar-refractivity contribution in [2.45, 2.75) is 38.2 Å². The van der Waals surface area contributed by atoms with E-state index in [1.807, 2.05) is 11.0 Å². The minimum absolute atomic E-state index is 0.258. The Hall–Kier alpha value is -1.35. The predicted octanol–water partition coefficient (Wildman–Crippen LogP) is 2.65. The van der Waals surface area contributed by atoms with Gasteiger partial charge in [0.15, 0.2) is 0 Å². The Morgan fingerprint density at radius 2 is 2.00 bits per heavy atom. The molecule has 108 valence electrons. The molecule has 1 atom stereocenters. The first-order chi connectivity index (χ1) is 9.83.